The highest BCUT2D eigenvalue weighted by molar-refractivity contribution is 7.19. The largest absolute Gasteiger partial charge is 0.438 e. The summed E-state index contributed by atoms with van der Waals surface area (Å²) in [5, 5.41) is 6.40. The number of anilines is 3. The first-order chi connectivity index (χ1) is 30.2. The fourth-order valence-corrected chi connectivity index (χ4v) is 14.0. The Morgan fingerprint density at radius 3 is 1.43 bits per heavy atom. The second-order valence-electron chi connectivity index (χ2n) is 15.4. The molecule has 0 spiro atoms. The minimum atomic E-state index is -2.71. The Balaban J connectivity index is 1.01. The highest BCUT2D eigenvalue weighted by atomic mass is 28.3. The van der Waals surface area contributed by atoms with Gasteiger partial charge in [-0.05, 0) is 104 Å². The Morgan fingerprint density at radius 1 is 0.393 bits per heavy atom. The molecule has 0 saturated carbocycles. The number of hydrogen-bond donors (Lipinski definition) is 0. The van der Waals surface area contributed by atoms with Crippen molar-refractivity contribution < 1.29 is 8.81 Å². The number of rotatable bonds is 9. The van der Waals surface area contributed by atoms with Crippen LogP contribution in [-0.4, -0.2) is 12.5 Å². The van der Waals surface area contributed by atoms with Gasteiger partial charge in [-0.25, -0.2) is 4.39 Å². The van der Waals surface area contributed by atoms with Gasteiger partial charge < -0.3 is 9.32 Å². The lowest BCUT2D eigenvalue weighted by Gasteiger charge is -2.35. The van der Waals surface area contributed by atoms with Crippen LogP contribution in [0.1, 0.15) is 0 Å². The monoisotopic (exact) mass is 802 g/mol. The van der Waals surface area contributed by atoms with Gasteiger partial charge in [-0.2, -0.15) is 0 Å². The zero-order valence-electron chi connectivity index (χ0n) is 33.2. The van der Waals surface area contributed by atoms with Crippen LogP contribution in [0, 0.1) is 5.82 Å². The van der Waals surface area contributed by atoms with Gasteiger partial charge >= 0.3 is 0 Å². The molecule has 0 aliphatic heterocycles. The van der Waals surface area contributed by atoms with Crippen LogP contribution in [0.15, 0.2) is 241 Å². The van der Waals surface area contributed by atoms with Gasteiger partial charge in [0, 0.05) is 22.4 Å². The summed E-state index contributed by atoms with van der Waals surface area (Å²) >= 11 is 0. The first-order valence-corrected chi connectivity index (χ1v) is 22.6. The van der Waals surface area contributed by atoms with Crippen LogP contribution in [0.4, 0.5) is 21.5 Å². The number of oxazole rings is 1. The molecule has 11 rings (SSSR count). The first-order valence-electron chi connectivity index (χ1n) is 20.6. The van der Waals surface area contributed by atoms with Crippen molar-refractivity contribution in [3.63, 3.8) is 0 Å². The zero-order chi connectivity index (χ0) is 40.8. The van der Waals surface area contributed by atoms with Crippen LogP contribution < -0.4 is 25.6 Å². The summed E-state index contributed by atoms with van der Waals surface area (Å²) in [6.07, 6.45) is 0. The summed E-state index contributed by atoms with van der Waals surface area (Å²) in [5.74, 6) is -0.270. The molecule has 3 nitrogen and oxygen atoms in total. The second-order valence-corrected chi connectivity index (χ2v) is 19.2. The average molecular weight is 803 g/mol. The van der Waals surface area contributed by atoms with E-state index in [2.05, 4.69) is 216 Å². The summed E-state index contributed by atoms with van der Waals surface area (Å²) in [7, 11) is -2.71. The number of aromatic nitrogens is 1. The molecule has 290 valence electrons. The fourth-order valence-electron chi connectivity index (χ4n) is 9.26. The van der Waals surface area contributed by atoms with Crippen molar-refractivity contribution in [2.75, 3.05) is 4.90 Å². The third-order valence-corrected chi connectivity index (χ3v) is 16.8. The van der Waals surface area contributed by atoms with E-state index in [0.29, 0.717) is 0 Å². The van der Waals surface area contributed by atoms with Gasteiger partial charge in [0.05, 0.1) is 16.6 Å². The van der Waals surface area contributed by atoms with Crippen molar-refractivity contribution in [3.8, 4) is 22.3 Å². The molecular weight excluding hydrogens is 764 g/mol. The summed E-state index contributed by atoms with van der Waals surface area (Å²) in [5.41, 5.74) is 11.0. The smallest absolute Gasteiger partial charge is 0.213 e. The molecule has 0 bridgehead atoms. The van der Waals surface area contributed by atoms with Crippen LogP contribution in [-0.2, 0) is 0 Å². The van der Waals surface area contributed by atoms with Crippen molar-refractivity contribution in [1.29, 1.82) is 0 Å². The number of benzene rings is 9. The highest BCUT2D eigenvalue weighted by Crippen LogP contribution is 2.41. The lowest BCUT2D eigenvalue weighted by Crippen LogP contribution is -2.74. The lowest BCUT2D eigenvalue weighted by molar-refractivity contribution is 0.628. The van der Waals surface area contributed by atoms with Gasteiger partial charge in [0.25, 0.3) is 0 Å². The number of para-hydroxylation sites is 1. The van der Waals surface area contributed by atoms with Crippen molar-refractivity contribution in [2.45, 2.75) is 0 Å². The van der Waals surface area contributed by atoms with E-state index in [0.717, 1.165) is 67.0 Å². The summed E-state index contributed by atoms with van der Waals surface area (Å²) in [6.45, 7) is 0. The number of nitrogens with zero attached hydrogens (tertiary/aromatic N) is 2. The van der Waals surface area contributed by atoms with Crippen molar-refractivity contribution >= 4 is 73.6 Å². The van der Waals surface area contributed by atoms with Gasteiger partial charge in [0.1, 0.15) is 5.82 Å². The quantitative estimate of drug-likeness (QED) is 0.107. The van der Waals surface area contributed by atoms with E-state index < -0.39 is 8.07 Å². The van der Waals surface area contributed by atoms with E-state index in [1.54, 1.807) is 0 Å². The standard InChI is InChI=1S/C56H39FN2OSi/c57-43-28-32-45(33-29-43)58(46-34-36-50(37-35-46)61(47-17-7-2-8-18-47,48-19-9-3-10-20-48)49-21-11-4-12-22-49)44-30-25-40(26-31-44)42-27-38-54-53(39-42)59-52-24-14-13-23-51(52)55(56(59)60-54)41-15-5-1-6-16-41/h1-39H. The van der Waals surface area contributed by atoms with E-state index in [1.165, 1.54) is 32.9 Å². The molecule has 2 heterocycles. The molecule has 2 aromatic heterocycles. The maximum atomic E-state index is 14.4. The third kappa shape index (κ3) is 6.17. The van der Waals surface area contributed by atoms with Crippen LogP contribution in [0.2, 0.25) is 0 Å². The molecule has 0 fully saturated rings. The highest BCUT2D eigenvalue weighted by Gasteiger charge is 2.41. The Labute approximate surface area is 354 Å². The maximum Gasteiger partial charge on any atom is 0.213 e. The molecule has 0 aliphatic carbocycles. The summed E-state index contributed by atoms with van der Waals surface area (Å²) < 4.78 is 23.3. The van der Waals surface area contributed by atoms with Gasteiger partial charge in [-0.15, -0.1) is 0 Å². The molecule has 0 amide bonds. The lowest BCUT2D eigenvalue weighted by atomic mass is 10.0. The Kier molecular flexibility index (Phi) is 9.02. The van der Waals surface area contributed by atoms with Crippen molar-refractivity contribution in [2.24, 2.45) is 0 Å². The SMILES string of the molecule is Fc1ccc(N(c2ccc(-c3ccc4oc5c(-c6ccccc6)c6ccccc6n5c4c3)cc2)c2ccc([Si](c3ccccc3)(c3ccccc3)c3ccccc3)cc2)cc1. The minimum absolute atomic E-state index is 0.270. The van der Waals surface area contributed by atoms with E-state index >= 15 is 0 Å². The first kappa shape index (κ1) is 36.4. The van der Waals surface area contributed by atoms with Crippen molar-refractivity contribution in [3.05, 3.63) is 242 Å². The van der Waals surface area contributed by atoms with Crippen LogP contribution in [0.25, 0.3) is 50.0 Å². The topological polar surface area (TPSA) is 20.8 Å². The molecule has 0 atom stereocenters. The number of hydrogen-bond acceptors (Lipinski definition) is 2. The normalized spacial score (nSPS) is 11.7. The Bertz CT molecular complexity index is 3180. The molecular formula is C56H39FN2OSi. The molecule has 5 heteroatoms. The molecule has 0 aliphatic rings. The predicted octanol–water partition coefficient (Wildman–Crippen LogP) is 12.2. The third-order valence-electron chi connectivity index (χ3n) is 12.0. The Morgan fingerprint density at radius 2 is 0.852 bits per heavy atom. The zero-order valence-corrected chi connectivity index (χ0v) is 34.2. The van der Waals surface area contributed by atoms with Crippen molar-refractivity contribution in [1.82, 2.24) is 4.40 Å². The average Bonchev–Trinajstić information content (AvgIpc) is 3.86. The molecule has 0 saturated heterocycles. The van der Waals surface area contributed by atoms with E-state index in [9.17, 15) is 4.39 Å². The van der Waals surface area contributed by atoms with Gasteiger partial charge in [-0.1, -0.05) is 170 Å². The fraction of sp³-hybridized carbons (Fsp3) is 0. The number of halogens is 1. The van der Waals surface area contributed by atoms with Gasteiger partial charge in [-0.3, -0.25) is 4.40 Å². The summed E-state index contributed by atoms with van der Waals surface area (Å²) in [4.78, 5) is 2.20. The van der Waals surface area contributed by atoms with E-state index in [1.807, 2.05) is 18.2 Å². The molecule has 9 aromatic carbocycles. The summed E-state index contributed by atoms with van der Waals surface area (Å²) in [6, 6.07) is 82.6. The molecule has 11 aromatic rings. The molecule has 61 heavy (non-hydrogen) atoms. The Hall–Kier alpha value is -7.73. The molecule has 0 radical (unpaired) electrons. The molecule has 0 N–H and O–H groups in total. The maximum absolute atomic E-state index is 14.4. The van der Waals surface area contributed by atoms with E-state index in [-0.39, 0.29) is 5.82 Å². The predicted molar refractivity (Wildman–Crippen MR) is 254 cm³/mol. The van der Waals surface area contributed by atoms with Crippen LogP contribution in [0.3, 0.4) is 0 Å². The molecule has 0 unspecified atom stereocenters. The van der Waals surface area contributed by atoms with E-state index in [4.69, 9.17) is 4.42 Å². The number of fused-ring (bicyclic) bond motifs is 5. The minimum Gasteiger partial charge on any atom is -0.438 e. The second kappa shape index (κ2) is 15.1. The van der Waals surface area contributed by atoms with Gasteiger partial charge in [0.2, 0.25) is 5.71 Å². The van der Waals surface area contributed by atoms with Crippen LogP contribution in [0.5, 0.6) is 0 Å². The van der Waals surface area contributed by atoms with Crippen LogP contribution >= 0.6 is 0 Å². The van der Waals surface area contributed by atoms with Gasteiger partial charge in [0.15, 0.2) is 13.7 Å².